The number of amides is 1. The van der Waals surface area contributed by atoms with Crippen molar-refractivity contribution in [1.29, 1.82) is 0 Å². The number of hydrogen-bond acceptors (Lipinski definition) is 1. The summed E-state index contributed by atoms with van der Waals surface area (Å²) in [5.74, 6) is 1.85. The maximum Gasteiger partial charge on any atom is 0.226 e. The molecule has 0 bridgehead atoms. The van der Waals surface area contributed by atoms with Gasteiger partial charge in [0.15, 0.2) is 0 Å². The molecule has 100 valence electrons. The number of carbonyl (C=O) groups is 1. The molecule has 2 heteroatoms. The highest BCUT2D eigenvalue weighted by Gasteiger charge is 2.46. The molecule has 2 unspecified atom stereocenters. The molecule has 1 aliphatic carbocycles. The Labute approximate surface area is 111 Å². The number of piperidine rings is 1. The fraction of sp³-hybridized carbons (Fsp3) is 0.688. The molecule has 2 fully saturated rings. The maximum absolute atomic E-state index is 12.4. The summed E-state index contributed by atoms with van der Waals surface area (Å²) in [5.41, 5.74) is 2.41. The van der Waals surface area contributed by atoms with Gasteiger partial charge in [-0.2, -0.15) is 0 Å². The van der Waals surface area contributed by atoms with Crippen LogP contribution >= 0.6 is 0 Å². The second kappa shape index (κ2) is 5.29. The molecule has 1 aliphatic heterocycles. The highest BCUT2D eigenvalue weighted by molar-refractivity contribution is 5.82. The van der Waals surface area contributed by atoms with Gasteiger partial charge in [-0.3, -0.25) is 4.79 Å². The molecule has 2 aliphatic rings. The summed E-state index contributed by atoms with van der Waals surface area (Å²) in [4.78, 5) is 14.5. The van der Waals surface area contributed by atoms with Crippen LogP contribution in [0.15, 0.2) is 23.8 Å². The Balaban J connectivity index is 1.91. The van der Waals surface area contributed by atoms with E-state index in [1.165, 1.54) is 18.4 Å². The van der Waals surface area contributed by atoms with Gasteiger partial charge >= 0.3 is 0 Å². The Bertz CT molecular complexity index is 375. The van der Waals surface area contributed by atoms with Crippen molar-refractivity contribution in [1.82, 2.24) is 4.90 Å². The third-order valence-electron chi connectivity index (χ3n) is 4.41. The minimum absolute atomic E-state index is 0.237. The van der Waals surface area contributed by atoms with Crippen molar-refractivity contribution >= 4 is 5.91 Å². The summed E-state index contributed by atoms with van der Waals surface area (Å²) in [6.07, 6.45) is 5.48. The fourth-order valence-corrected chi connectivity index (χ4v) is 3.05. The van der Waals surface area contributed by atoms with Crippen LogP contribution in [-0.4, -0.2) is 23.9 Å². The van der Waals surface area contributed by atoms with E-state index in [9.17, 15) is 4.79 Å². The van der Waals surface area contributed by atoms with Crippen LogP contribution in [0.3, 0.4) is 0 Å². The van der Waals surface area contributed by atoms with Crippen LogP contribution in [0, 0.1) is 17.8 Å². The van der Waals surface area contributed by atoms with Crippen LogP contribution in [0.5, 0.6) is 0 Å². The van der Waals surface area contributed by atoms with E-state index >= 15 is 0 Å². The van der Waals surface area contributed by atoms with Crippen molar-refractivity contribution in [2.75, 3.05) is 13.1 Å². The van der Waals surface area contributed by atoms with Gasteiger partial charge in [0, 0.05) is 19.0 Å². The summed E-state index contributed by atoms with van der Waals surface area (Å²) in [6.45, 7) is 12.3. The van der Waals surface area contributed by atoms with Crippen LogP contribution in [-0.2, 0) is 4.79 Å². The van der Waals surface area contributed by atoms with E-state index in [2.05, 4.69) is 24.5 Å². The average Bonchev–Trinajstić information content (AvgIpc) is 3.10. The predicted molar refractivity (Wildman–Crippen MR) is 75.1 cm³/mol. The minimum atomic E-state index is 0.237. The SMILES string of the molecule is C=C(C)/C(=C\C)C1CC1C(=O)N1CCC(C)CC1. The molecule has 0 spiro atoms. The Morgan fingerprint density at radius 1 is 1.28 bits per heavy atom. The zero-order valence-electron chi connectivity index (χ0n) is 11.9. The number of rotatable bonds is 3. The fourth-order valence-electron chi connectivity index (χ4n) is 3.05. The number of nitrogens with zero attached hydrogens (tertiary/aromatic N) is 1. The zero-order chi connectivity index (χ0) is 13.3. The Morgan fingerprint density at radius 3 is 2.39 bits per heavy atom. The predicted octanol–water partition coefficient (Wildman–Crippen LogP) is 3.40. The normalized spacial score (nSPS) is 29.3. The van der Waals surface area contributed by atoms with E-state index in [1.54, 1.807) is 0 Å². The Kier molecular flexibility index (Phi) is 3.94. The highest BCUT2D eigenvalue weighted by Crippen LogP contribution is 2.47. The largest absolute Gasteiger partial charge is 0.342 e. The van der Waals surface area contributed by atoms with Gasteiger partial charge in [0.2, 0.25) is 5.91 Å². The van der Waals surface area contributed by atoms with Crippen molar-refractivity contribution in [3.8, 4) is 0 Å². The van der Waals surface area contributed by atoms with Crippen molar-refractivity contribution in [3.63, 3.8) is 0 Å². The van der Waals surface area contributed by atoms with E-state index in [0.29, 0.717) is 11.8 Å². The molecule has 0 radical (unpaired) electrons. The lowest BCUT2D eigenvalue weighted by Crippen LogP contribution is -2.39. The second-order valence-corrected chi connectivity index (χ2v) is 5.98. The van der Waals surface area contributed by atoms with Gasteiger partial charge in [-0.05, 0) is 50.5 Å². The van der Waals surface area contributed by atoms with Crippen molar-refractivity contribution in [3.05, 3.63) is 23.8 Å². The molecular weight excluding hydrogens is 222 g/mol. The molecule has 0 aromatic carbocycles. The summed E-state index contributed by atoms with van der Waals surface area (Å²) in [6, 6.07) is 0. The van der Waals surface area contributed by atoms with Crippen LogP contribution in [0.2, 0.25) is 0 Å². The van der Waals surface area contributed by atoms with E-state index in [1.807, 2.05) is 13.8 Å². The Hall–Kier alpha value is -1.05. The van der Waals surface area contributed by atoms with Crippen molar-refractivity contribution < 1.29 is 4.79 Å². The first-order valence-electron chi connectivity index (χ1n) is 7.15. The molecule has 2 rings (SSSR count). The van der Waals surface area contributed by atoms with Crippen LogP contribution in [0.1, 0.15) is 40.0 Å². The summed E-state index contributed by atoms with van der Waals surface area (Å²) < 4.78 is 0. The molecule has 0 N–H and O–H groups in total. The lowest BCUT2D eigenvalue weighted by molar-refractivity contribution is -0.134. The zero-order valence-corrected chi connectivity index (χ0v) is 11.9. The number of allylic oxidation sites excluding steroid dienone is 3. The molecule has 1 amide bonds. The third-order valence-corrected chi connectivity index (χ3v) is 4.41. The second-order valence-electron chi connectivity index (χ2n) is 5.98. The summed E-state index contributed by atoms with van der Waals surface area (Å²) >= 11 is 0. The van der Waals surface area contributed by atoms with Gasteiger partial charge in [0.25, 0.3) is 0 Å². The number of carbonyl (C=O) groups excluding carboxylic acids is 1. The summed E-state index contributed by atoms with van der Waals surface area (Å²) in [7, 11) is 0. The molecule has 2 atom stereocenters. The first-order valence-corrected chi connectivity index (χ1v) is 7.15. The maximum atomic E-state index is 12.4. The molecule has 1 saturated carbocycles. The van der Waals surface area contributed by atoms with Gasteiger partial charge in [0.1, 0.15) is 0 Å². The molecule has 0 aromatic rings. The van der Waals surface area contributed by atoms with Gasteiger partial charge < -0.3 is 4.90 Å². The van der Waals surface area contributed by atoms with Crippen LogP contribution in [0.4, 0.5) is 0 Å². The van der Waals surface area contributed by atoms with Gasteiger partial charge in [-0.15, -0.1) is 0 Å². The first-order chi connectivity index (χ1) is 8.54. The van der Waals surface area contributed by atoms with Crippen molar-refractivity contribution in [2.24, 2.45) is 17.8 Å². The topological polar surface area (TPSA) is 20.3 Å². The van der Waals surface area contributed by atoms with Gasteiger partial charge in [0.05, 0.1) is 0 Å². The van der Waals surface area contributed by atoms with Gasteiger partial charge in [-0.25, -0.2) is 0 Å². The smallest absolute Gasteiger partial charge is 0.226 e. The highest BCUT2D eigenvalue weighted by atomic mass is 16.2. The first kappa shape index (κ1) is 13.4. The molecule has 1 saturated heterocycles. The van der Waals surface area contributed by atoms with E-state index < -0.39 is 0 Å². The van der Waals surface area contributed by atoms with E-state index in [0.717, 1.165) is 31.0 Å². The monoisotopic (exact) mass is 247 g/mol. The lowest BCUT2D eigenvalue weighted by Gasteiger charge is -2.30. The minimum Gasteiger partial charge on any atom is -0.342 e. The quantitative estimate of drug-likeness (QED) is 0.700. The Morgan fingerprint density at radius 2 is 1.89 bits per heavy atom. The van der Waals surface area contributed by atoms with E-state index in [-0.39, 0.29) is 5.92 Å². The standard InChI is InChI=1S/C16H25NO/c1-5-13(11(2)3)14-10-15(14)16(18)17-8-6-12(4)7-9-17/h5,12,14-15H,2,6-10H2,1,3-4H3/b13-5+. The van der Waals surface area contributed by atoms with Crippen LogP contribution in [0.25, 0.3) is 0 Å². The van der Waals surface area contributed by atoms with Gasteiger partial charge in [-0.1, -0.05) is 25.2 Å². The number of hydrogen-bond donors (Lipinski definition) is 0. The summed E-state index contributed by atoms with van der Waals surface area (Å²) in [5, 5.41) is 0. The van der Waals surface area contributed by atoms with Crippen molar-refractivity contribution in [2.45, 2.75) is 40.0 Å². The molecule has 0 aromatic heterocycles. The van der Waals surface area contributed by atoms with E-state index in [4.69, 9.17) is 0 Å². The number of likely N-dealkylation sites (tertiary alicyclic amines) is 1. The average molecular weight is 247 g/mol. The molecule has 18 heavy (non-hydrogen) atoms. The third kappa shape index (κ3) is 2.68. The lowest BCUT2D eigenvalue weighted by atomic mass is 9.98. The van der Waals surface area contributed by atoms with Crippen LogP contribution < -0.4 is 0 Å². The molecule has 2 nitrogen and oxygen atoms in total. The molecular formula is C16H25NO. The molecule has 1 heterocycles.